The molecular formula is C21H23N5O2. The predicted octanol–water partition coefficient (Wildman–Crippen LogP) is 2.82. The molecule has 1 fully saturated rings. The summed E-state index contributed by atoms with van der Waals surface area (Å²) in [5, 5.41) is 11.0. The number of hydrogen-bond acceptors (Lipinski definition) is 6. The Bertz CT molecular complexity index is 1050. The largest absolute Gasteiger partial charge is 0.385 e. The monoisotopic (exact) mass is 377 g/mol. The Morgan fingerprint density at radius 1 is 1.29 bits per heavy atom. The number of nitrogens with two attached hydrogens (primary N) is 1. The summed E-state index contributed by atoms with van der Waals surface area (Å²) in [5.74, 6) is 0.149. The van der Waals surface area contributed by atoms with Crippen molar-refractivity contribution in [1.29, 1.82) is 0 Å². The average molecular weight is 377 g/mol. The van der Waals surface area contributed by atoms with E-state index >= 15 is 0 Å². The zero-order chi connectivity index (χ0) is 19.8. The van der Waals surface area contributed by atoms with Crippen LogP contribution in [0, 0.1) is 12.8 Å². The molecule has 0 aromatic carbocycles. The van der Waals surface area contributed by atoms with E-state index < -0.39 is 6.10 Å². The number of amides is 1. The second-order valence-corrected chi connectivity index (χ2v) is 7.38. The number of hydrogen-bond donors (Lipinski definition) is 2. The van der Waals surface area contributed by atoms with Gasteiger partial charge in [-0.3, -0.25) is 9.78 Å². The van der Waals surface area contributed by atoms with Crippen LogP contribution in [0.1, 0.15) is 55.4 Å². The molecule has 3 aromatic rings. The average Bonchev–Trinajstić information content (AvgIpc) is 3.48. The van der Waals surface area contributed by atoms with Crippen molar-refractivity contribution in [2.24, 2.45) is 11.7 Å². The zero-order valence-corrected chi connectivity index (χ0v) is 16.0. The Hall–Kier alpha value is -2.93. The lowest BCUT2D eigenvalue weighted by Gasteiger charge is -2.11. The van der Waals surface area contributed by atoms with Crippen molar-refractivity contribution in [3.05, 3.63) is 47.8 Å². The van der Waals surface area contributed by atoms with Gasteiger partial charge in [-0.15, -0.1) is 0 Å². The summed E-state index contributed by atoms with van der Waals surface area (Å²) in [6.45, 7) is 3.91. The number of aromatic nitrogens is 4. The highest BCUT2D eigenvalue weighted by Crippen LogP contribution is 2.46. The fourth-order valence-electron chi connectivity index (χ4n) is 3.52. The summed E-state index contributed by atoms with van der Waals surface area (Å²) in [6, 6.07) is 5.81. The fourth-order valence-corrected chi connectivity index (χ4v) is 3.52. The molecule has 4 rings (SSSR count). The number of rotatable bonds is 6. The third-order valence-corrected chi connectivity index (χ3v) is 5.26. The second kappa shape index (κ2) is 7.24. The minimum Gasteiger partial charge on any atom is -0.385 e. The Morgan fingerprint density at radius 2 is 2.11 bits per heavy atom. The number of carbonyl (C=O) groups is 1. The number of aliphatic hydroxyl groups excluding tert-OH is 1. The van der Waals surface area contributed by atoms with Gasteiger partial charge >= 0.3 is 0 Å². The number of nitrogens with zero attached hydrogens (tertiary/aromatic N) is 4. The molecule has 3 atom stereocenters. The number of pyridine rings is 2. The molecule has 0 radical (unpaired) electrons. The lowest BCUT2D eigenvalue weighted by atomic mass is 10.1. The molecule has 144 valence electrons. The highest BCUT2D eigenvalue weighted by atomic mass is 16.3. The summed E-state index contributed by atoms with van der Waals surface area (Å²) >= 11 is 0. The lowest BCUT2D eigenvalue weighted by molar-refractivity contribution is -0.119. The number of primary amides is 1. The smallest absolute Gasteiger partial charge is 0.221 e. The molecule has 7 heteroatoms. The summed E-state index contributed by atoms with van der Waals surface area (Å²) in [6.07, 6.45) is 5.11. The van der Waals surface area contributed by atoms with Gasteiger partial charge in [-0.25, -0.2) is 15.0 Å². The fraction of sp³-hybridized carbons (Fsp3) is 0.381. The van der Waals surface area contributed by atoms with Crippen LogP contribution >= 0.6 is 0 Å². The van der Waals surface area contributed by atoms with Crippen LogP contribution in [-0.4, -0.2) is 30.9 Å². The van der Waals surface area contributed by atoms with E-state index in [-0.39, 0.29) is 17.7 Å². The minimum absolute atomic E-state index is 0.0942. The molecule has 3 aromatic heterocycles. The van der Waals surface area contributed by atoms with Crippen LogP contribution < -0.4 is 5.73 Å². The zero-order valence-electron chi connectivity index (χ0n) is 16.0. The van der Waals surface area contributed by atoms with E-state index in [4.69, 9.17) is 10.7 Å². The van der Waals surface area contributed by atoms with Gasteiger partial charge in [0.1, 0.15) is 6.10 Å². The van der Waals surface area contributed by atoms with Crippen molar-refractivity contribution in [2.45, 2.75) is 45.1 Å². The molecular weight excluding hydrogens is 354 g/mol. The third-order valence-electron chi connectivity index (χ3n) is 5.26. The minimum atomic E-state index is -0.646. The first kappa shape index (κ1) is 18.4. The number of fused-ring (bicyclic) bond motifs is 1. The quantitative estimate of drug-likeness (QED) is 0.682. The van der Waals surface area contributed by atoms with Gasteiger partial charge < -0.3 is 10.8 Å². The van der Waals surface area contributed by atoms with Gasteiger partial charge in [0.25, 0.3) is 0 Å². The van der Waals surface area contributed by atoms with Crippen molar-refractivity contribution < 1.29 is 9.90 Å². The van der Waals surface area contributed by atoms with E-state index in [0.29, 0.717) is 12.2 Å². The van der Waals surface area contributed by atoms with E-state index in [0.717, 1.165) is 46.4 Å². The van der Waals surface area contributed by atoms with E-state index in [1.165, 1.54) is 0 Å². The molecule has 1 aliphatic carbocycles. The van der Waals surface area contributed by atoms with Crippen molar-refractivity contribution in [3.8, 4) is 11.3 Å². The number of carbonyl (C=O) groups excluding carboxylic acids is 1. The van der Waals surface area contributed by atoms with Gasteiger partial charge in [-0.2, -0.15) is 0 Å². The van der Waals surface area contributed by atoms with Gasteiger partial charge in [0.05, 0.1) is 16.9 Å². The number of aryl methyl sites for hydroxylation is 1. The van der Waals surface area contributed by atoms with Crippen molar-refractivity contribution in [2.75, 3.05) is 0 Å². The second-order valence-electron chi connectivity index (χ2n) is 7.38. The molecule has 0 spiro atoms. The van der Waals surface area contributed by atoms with Gasteiger partial charge in [0.15, 0.2) is 5.82 Å². The molecule has 3 unspecified atom stereocenters. The molecule has 1 aliphatic rings. The summed E-state index contributed by atoms with van der Waals surface area (Å²) in [5.41, 5.74) is 9.43. The SMILES string of the molecule is CCCC(O)c1ncc(-c2ccc3cnc(C4CC4C(N)=O)cc3n2)c(C)n1. The van der Waals surface area contributed by atoms with Crippen LogP contribution in [0.3, 0.4) is 0 Å². The van der Waals surface area contributed by atoms with Crippen molar-refractivity contribution in [3.63, 3.8) is 0 Å². The molecule has 0 bridgehead atoms. The molecule has 3 N–H and O–H groups in total. The highest BCUT2D eigenvalue weighted by Gasteiger charge is 2.43. The molecule has 28 heavy (non-hydrogen) atoms. The van der Waals surface area contributed by atoms with Gasteiger partial charge in [-0.1, -0.05) is 13.3 Å². The normalized spacial score (nSPS) is 19.5. The Balaban J connectivity index is 1.66. The van der Waals surface area contributed by atoms with Gasteiger partial charge in [0, 0.05) is 40.9 Å². The maximum absolute atomic E-state index is 11.3. The molecule has 0 saturated heterocycles. The summed E-state index contributed by atoms with van der Waals surface area (Å²) < 4.78 is 0. The first-order chi connectivity index (χ1) is 13.5. The summed E-state index contributed by atoms with van der Waals surface area (Å²) in [7, 11) is 0. The van der Waals surface area contributed by atoms with Crippen LogP contribution in [0.5, 0.6) is 0 Å². The van der Waals surface area contributed by atoms with E-state index in [2.05, 4.69) is 15.0 Å². The van der Waals surface area contributed by atoms with E-state index in [9.17, 15) is 9.90 Å². The van der Waals surface area contributed by atoms with Crippen LogP contribution in [0.4, 0.5) is 0 Å². The van der Waals surface area contributed by atoms with Gasteiger partial charge in [-0.05, 0) is 38.0 Å². The Kier molecular flexibility index (Phi) is 4.77. The number of aliphatic hydroxyl groups is 1. The topological polar surface area (TPSA) is 115 Å². The van der Waals surface area contributed by atoms with Crippen LogP contribution in [0.2, 0.25) is 0 Å². The highest BCUT2D eigenvalue weighted by molar-refractivity contribution is 5.83. The standard InChI is InChI=1S/C21H23N5O2/c1-3-4-19(27)21-24-10-15(11(2)25-21)16-6-5-12-9-23-18(8-17(12)26-16)13-7-14(13)20(22)28/h5-6,8-10,13-14,19,27H,3-4,7H2,1-2H3,(H2,22,28). The van der Waals surface area contributed by atoms with E-state index in [1.54, 1.807) is 12.4 Å². The molecule has 3 heterocycles. The Morgan fingerprint density at radius 3 is 2.79 bits per heavy atom. The van der Waals surface area contributed by atoms with Crippen LogP contribution in [0.25, 0.3) is 22.2 Å². The van der Waals surface area contributed by atoms with Crippen molar-refractivity contribution in [1.82, 2.24) is 19.9 Å². The summed E-state index contributed by atoms with van der Waals surface area (Å²) in [4.78, 5) is 29.4. The first-order valence-corrected chi connectivity index (χ1v) is 9.56. The van der Waals surface area contributed by atoms with E-state index in [1.807, 2.05) is 32.0 Å². The molecule has 1 saturated carbocycles. The van der Waals surface area contributed by atoms with Crippen LogP contribution in [-0.2, 0) is 4.79 Å². The Labute approximate surface area is 163 Å². The molecule has 1 amide bonds. The molecule has 0 aliphatic heterocycles. The maximum atomic E-state index is 11.3. The first-order valence-electron chi connectivity index (χ1n) is 9.56. The van der Waals surface area contributed by atoms with Gasteiger partial charge in [0.2, 0.25) is 5.91 Å². The van der Waals surface area contributed by atoms with Crippen LogP contribution in [0.15, 0.2) is 30.6 Å². The third kappa shape index (κ3) is 3.45. The molecule has 7 nitrogen and oxygen atoms in total. The maximum Gasteiger partial charge on any atom is 0.221 e. The lowest BCUT2D eigenvalue weighted by Crippen LogP contribution is -2.13. The predicted molar refractivity (Wildman–Crippen MR) is 105 cm³/mol. The van der Waals surface area contributed by atoms with Crippen molar-refractivity contribution >= 4 is 16.8 Å².